The van der Waals surface area contributed by atoms with Gasteiger partial charge in [0.15, 0.2) is 0 Å². The van der Waals surface area contributed by atoms with E-state index in [1.807, 2.05) is 0 Å². The number of anilines is 1. The van der Waals surface area contributed by atoms with Crippen molar-refractivity contribution in [3.63, 3.8) is 0 Å². The van der Waals surface area contributed by atoms with Crippen molar-refractivity contribution in [3.8, 4) is 0 Å². The zero-order valence-corrected chi connectivity index (χ0v) is 12.2. The zero-order chi connectivity index (χ0) is 15.3. The summed E-state index contributed by atoms with van der Waals surface area (Å²) in [6, 6.07) is 3.28. The second-order valence-corrected chi connectivity index (χ2v) is 5.02. The van der Waals surface area contributed by atoms with Crippen LogP contribution in [0.4, 0.5) is 10.5 Å². The SMILES string of the molecule is CC(CC(N)=O)NC(=O)Nc1cc(C(=O)O)ccc1Br. The smallest absolute Gasteiger partial charge is 0.335 e. The van der Waals surface area contributed by atoms with E-state index < -0.39 is 23.9 Å². The maximum Gasteiger partial charge on any atom is 0.335 e. The van der Waals surface area contributed by atoms with Crippen LogP contribution in [-0.2, 0) is 4.79 Å². The van der Waals surface area contributed by atoms with E-state index in [0.717, 1.165) is 0 Å². The summed E-state index contributed by atoms with van der Waals surface area (Å²) in [5.41, 5.74) is 5.38. The van der Waals surface area contributed by atoms with Crippen molar-refractivity contribution in [2.75, 3.05) is 5.32 Å². The molecule has 0 aliphatic rings. The summed E-state index contributed by atoms with van der Waals surface area (Å²) in [5.74, 6) is -1.62. The van der Waals surface area contributed by atoms with Crippen molar-refractivity contribution in [2.24, 2.45) is 5.73 Å². The van der Waals surface area contributed by atoms with Gasteiger partial charge in [0.05, 0.1) is 11.3 Å². The summed E-state index contributed by atoms with van der Waals surface area (Å²) < 4.78 is 0.542. The third kappa shape index (κ3) is 4.88. The molecule has 0 fully saturated rings. The van der Waals surface area contributed by atoms with Crippen LogP contribution < -0.4 is 16.4 Å². The predicted octanol–water partition coefficient (Wildman–Crippen LogP) is 1.53. The molecule has 1 aromatic carbocycles. The Morgan fingerprint density at radius 2 is 2.05 bits per heavy atom. The van der Waals surface area contributed by atoms with Crippen LogP contribution in [0.25, 0.3) is 0 Å². The Morgan fingerprint density at radius 1 is 1.40 bits per heavy atom. The fourth-order valence-electron chi connectivity index (χ4n) is 1.49. The molecular weight excluding hydrogens is 330 g/mol. The fourth-order valence-corrected chi connectivity index (χ4v) is 1.83. The first kappa shape index (κ1) is 16.0. The van der Waals surface area contributed by atoms with Gasteiger partial charge < -0.3 is 21.5 Å². The lowest BCUT2D eigenvalue weighted by molar-refractivity contribution is -0.118. The number of nitrogens with two attached hydrogens (primary N) is 1. The summed E-state index contributed by atoms with van der Waals surface area (Å²) in [7, 11) is 0. The zero-order valence-electron chi connectivity index (χ0n) is 10.6. The fraction of sp³-hybridized carbons (Fsp3) is 0.250. The lowest BCUT2D eigenvalue weighted by Crippen LogP contribution is -2.38. The molecule has 20 heavy (non-hydrogen) atoms. The van der Waals surface area contributed by atoms with Crippen LogP contribution in [0.1, 0.15) is 23.7 Å². The summed E-state index contributed by atoms with van der Waals surface area (Å²) in [6.07, 6.45) is 0.0176. The predicted molar refractivity (Wildman–Crippen MR) is 76.5 cm³/mol. The van der Waals surface area contributed by atoms with Gasteiger partial charge in [-0.2, -0.15) is 0 Å². The van der Waals surface area contributed by atoms with Crippen molar-refractivity contribution in [1.82, 2.24) is 5.32 Å². The van der Waals surface area contributed by atoms with Crippen LogP contribution in [0, 0.1) is 0 Å². The highest BCUT2D eigenvalue weighted by atomic mass is 79.9. The van der Waals surface area contributed by atoms with Gasteiger partial charge in [0.2, 0.25) is 5.91 Å². The molecule has 0 aromatic heterocycles. The number of hydrogen-bond donors (Lipinski definition) is 4. The minimum absolute atomic E-state index is 0.0176. The number of amides is 3. The topological polar surface area (TPSA) is 122 Å². The lowest BCUT2D eigenvalue weighted by Gasteiger charge is -2.14. The molecule has 0 aliphatic heterocycles. The summed E-state index contributed by atoms with van der Waals surface area (Å²) in [6.45, 7) is 1.63. The van der Waals surface area contributed by atoms with E-state index in [1.165, 1.54) is 18.2 Å². The third-order valence-corrected chi connectivity index (χ3v) is 3.04. The van der Waals surface area contributed by atoms with Gasteiger partial charge in [-0.3, -0.25) is 4.79 Å². The standard InChI is InChI=1S/C12H14BrN3O4/c1-6(4-10(14)17)15-12(20)16-9-5-7(11(18)19)2-3-8(9)13/h2-3,5-6H,4H2,1H3,(H2,14,17)(H,18,19)(H2,15,16,20). The molecule has 0 spiro atoms. The van der Waals surface area contributed by atoms with Crippen molar-refractivity contribution in [2.45, 2.75) is 19.4 Å². The monoisotopic (exact) mass is 343 g/mol. The Labute approximate surface area is 123 Å². The first-order valence-corrected chi connectivity index (χ1v) is 6.47. The van der Waals surface area contributed by atoms with Crippen LogP contribution in [0.2, 0.25) is 0 Å². The van der Waals surface area contributed by atoms with Gasteiger partial charge in [0, 0.05) is 16.9 Å². The molecule has 5 N–H and O–H groups in total. The van der Waals surface area contributed by atoms with Crippen LogP contribution in [0.5, 0.6) is 0 Å². The van der Waals surface area contributed by atoms with Crippen molar-refractivity contribution in [3.05, 3.63) is 28.2 Å². The Kier molecular flexibility index (Phi) is 5.51. The molecule has 1 unspecified atom stereocenters. The Bertz CT molecular complexity index is 548. The number of carboxylic acids is 1. The number of nitrogens with one attached hydrogen (secondary N) is 2. The average Bonchev–Trinajstić information content (AvgIpc) is 2.30. The number of urea groups is 1. The van der Waals surface area contributed by atoms with Crippen molar-refractivity contribution in [1.29, 1.82) is 0 Å². The lowest BCUT2D eigenvalue weighted by atomic mass is 10.2. The molecule has 7 nitrogen and oxygen atoms in total. The second-order valence-electron chi connectivity index (χ2n) is 4.17. The van der Waals surface area contributed by atoms with Crippen molar-refractivity contribution >= 4 is 39.5 Å². The van der Waals surface area contributed by atoms with E-state index >= 15 is 0 Å². The highest BCUT2D eigenvalue weighted by molar-refractivity contribution is 9.10. The number of halogens is 1. The molecule has 108 valence electrons. The number of benzene rings is 1. The Morgan fingerprint density at radius 3 is 2.60 bits per heavy atom. The number of carboxylic acid groups (broad SMARTS) is 1. The van der Waals surface area contributed by atoms with E-state index in [4.69, 9.17) is 10.8 Å². The Hall–Kier alpha value is -2.09. The molecule has 0 bridgehead atoms. The van der Waals surface area contributed by atoms with Gasteiger partial charge in [-0.15, -0.1) is 0 Å². The van der Waals surface area contributed by atoms with Crippen molar-refractivity contribution < 1.29 is 19.5 Å². The van der Waals surface area contributed by atoms with Crippen LogP contribution >= 0.6 is 15.9 Å². The first-order valence-electron chi connectivity index (χ1n) is 5.68. The largest absolute Gasteiger partial charge is 0.478 e. The molecule has 0 saturated heterocycles. The molecule has 1 rings (SSSR count). The molecule has 0 saturated carbocycles. The highest BCUT2D eigenvalue weighted by Crippen LogP contribution is 2.23. The summed E-state index contributed by atoms with van der Waals surface area (Å²) >= 11 is 3.21. The second kappa shape index (κ2) is 6.90. The molecule has 3 amide bonds. The van der Waals surface area contributed by atoms with Gasteiger partial charge >= 0.3 is 12.0 Å². The summed E-state index contributed by atoms with van der Waals surface area (Å²) in [5, 5.41) is 13.9. The van der Waals surface area contributed by atoms with E-state index in [-0.39, 0.29) is 12.0 Å². The molecule has 0 radical (unpaired) electrons. The van der Waals surface area contributed by atoms with Gasteiger partial charge in [0.25, 0.3) is 0 Å². The number of carbonyl (C=O) groups is 3. The molecule has 0 heterocycles. The summed E-state index contributed by atoms with van der Waals surface area (Å²) in [4.78, 5) is 33.3. The van der Waals surface area contributed by atoms with Gasteiger partial charge in [0.1, 0.15) is 0 Å². The third-order valence-electron chi connectivity index (χ3n) is 2.35. The maximum absolute atomic E-state index is 11.7. The minimum atomic E-state index is -1.09. The highest BCUT2D eigenvalue weighted by Gasteiger charge is 2.12. The maximum atomic E-state index is 11.7. The van der Waals surface area contributed by atoms with Crippen LogP contribution in [0.3, 0.4) is 0 Å². The molecule has 8 heteroatoms. The van der Waals surface area contributed by atoms with Gasteiger partial charge in [-0.05, 0) is 41.1 Å². The van der Waals surface area contributed by atoms with Crippen LogP contribution in [0.15, 0.2) is 22.7 Å². The number of aromatic carboxylic acids is 1. The number of rotatable bonds is 5. The molecule has 1 aromatic rings. The normalized spacial score (nSPS) is 11.5. The number of hydrogen-bond acceptors (Lipinski definition) is 3. The van der Waals surface area contributed by atoms with E-state index in [0.29, 0.717) is 10.2 Å². The van der Waals surface area contributed by atoms with E-state index in [1.54, 1.807) is 6.92 Å². The van der Waals surface area contributed by atoms with Gasteiger partial charge in [-0.25, -0.2) is 9.59 Å². The minimum Gasteiger partial charge on any atom is -0.478 e. The average molecular weight is 344 g/mol. The first-order chi connectivity index (χ1) is 9.29. The van der Waals surface area contributed by atoms with E-state index in [2.05, 4.69) is 26.6 Å². The number of carbonyl (C=O) groups excluding carboxylic acids is 2. The van der Waals surface area contributed by atoms with Crippen LogP contribution in [-0.4, -0.2) is 29.1 Å². The quantitative estimate of drug-likeness (QED) is 0.647. The Balaban J connectivity index is 2.72. The number of primary amides is 1. The van der Waals surface area contributed by atoms with Gasteiger partial charge in [-0.1, -0.05) is 0 Å². The molecule has 0 aliphatic carbocycles. The van der Waals surface area contributed by atoms with E-state index in [9.17, 15) is 14.4 Å². The molecular formula is C12H14BrN3O4. The molecule has 1 atom stereocenters.